The number of ether oxygens (including phenoxy) is 2. The molecule has 1 atom stereocenters. The number of thiazole rings is 1. The number of hydrogen-bond donors (Lipinski definition) is 1. The van der Waals surface area contributed by atoms with Crippen molar-refractivity contribution in [2.75, 3.05) is 26.9 Å². The molecule has 3 aromatic rings. The van der Waals surface area contributed by atoms with Crippen molar-refractivity contribution in [3.8, 4) is 16.3 Å². The van der Waals surface area contributed by atoms with Crippen LogP contribution in [-0.2, 0) is 22.4 Å². The van der Waals surface area contributed by atoms with E-state index in [0.717, 1.165) is 17.4 Å². The van der Waals surface area contributed by atoms with Crippen molar-refractivity contribution in [2.45, 2.75) is 38.9 Å². The fraction of sp³-hybridized carbons (Fsp3) is 0.400. The Bertz CT molecular complexity index is 1320. The Morgan fingerprint density at radius 1 is 1.25 bits per heavy atom. The summed E-state index contributed by atoms with van der Waals surface area (Å²) in [6.45, 7) is 5.09. The van der Waals surface area contributed by atoms with Crippen LogP contribution in [0.25, 0.3) is 10.6 Å². The van der Waals surface area contributed by atoms with Crippen LogP contribution in [0, 0.1) is 11.6 Å². The first-order valence-corrected chi connectivity index (χ1v) is 12.3. The summed E-state index contributed by atoms with van der Waals surface area (Å²) in [6, 6.07) is 2.87. The van der Waals surface area contributed by atoms with E-state index in [0.29, 0.717) is 35.2 Å². The molecule has 0 fully saturated rings. The van der Waals surface area contributed by atoms with E-state index >= 15 is 0 Å². The Balaban J connectivity index is 1.65. The van der Waals surface area contributed by atoms with Gasteiger partial charge in [0.1, 0.15) is 16.6 Å². The molecule has 1 aliphatic rings. The van der Waals surface area contributed by atoms with Gasteiger partial charge in [-0.2, -0.15) is 0 Å². The first-order chi connectivity index (χ1) is 17.2. The van der Waals surface area contributed by atoms with Crippen LogP contribution in [0.2, 0.25) is 0 Å². The number of rotatable bonds is 9. The third kappa shape index (κ3) is 5.18. The molecule has 3 heterocycles. The highest BCUT2D eigenvalue weighted by Gasteiger charge is 2.37. The van der Waals surface area contributed by atoms with Gasteiger partial charge in [-0.3, -0.25) is 9.59 Å². The monoisotopic (exact) mass is 519 g/mol. The van der Waals surface area contributed by atoms with Gasteiger partial charge in [-0.15, -0.1) is 11.3 Å². The van der Waals surface area contributed by atoms with Gasteiger partial charge in [0, 0.05) is 49.5 Å². The van der Waals surface area contributed by atoms with Crippen LogP contribution in [0.3, 0.4) is 0 Å². The standard InChI is InChI=1S/C25H27F2N3O5S/c1-14(2)30-17(13-35-7-6-34-3)11-29-12-19(22(31)23(32)21(29)25(30)33)24-28-10-18(36-24)8-15-4-5-16(26)9-20(15)27/h4-5,9-10,12,14,17,32H,6-8,11,13H2,1-3H3/t17-/m1/s1. The van der Waals surface area contributed by atoms with Crippen LogP contribution in [0.1, 0.15) is 34.8 Å². The fourth-order valence-corrected chi connectivity index (χ4v) is 5.23. The zero-order chi connectivity index (χ0) is 26.0. The summed E-state index contributed by atoms with van der Waals surface area (Å²) in [6.07, 6.45) is 3.21. The number of aromatic nitrogens is 2. The molecule has 0 saturated heterocycles. The lowest BCUT2D eigenvalue weighted by Gasteiger charge is -2.40. The van der Waals surface area contributed by atoms with E-state index in [-0.39, 0.29) is 36.4 Å². The number of benzene rings is 1. The lowest BCUT2D eigenvalue weighted by molar-refractivity contribution is 0.00831. The number of fused-ring (bicyclic) bond motifs is 1. The molecule has 0 saturated carbocycles. The molecule has 0 radical (unpaired) electrons. The molecule has 1 N–H and O–H groups in total. The van der Waals surface area contributed by atoms with Crippen molar-refractivity contribution in [3.63, 3.8) is 0 Å². The second-order valence-electron chi connectivity index (χ2n) is 8.79. The van der Waals surface area contributed by atoms with Gasteiger partial charge in [0.15, 0.2) is 11.4 Å². The van der Waals surface area contributed by atoms with Gasteiger partial charge in [0.05, 0.1) is 31.4 Å². The number of halogens is 2. The lowest BCUT2D eigenvalue weighted by Crippen LogP contribution is -2.54. The van der Waals surface area contributed by atoms with E-state index in [2.05, 4.69) is 4.98 Å². The van der Waals surface area contributed by atoms with Crippen LogP contribution in [0.15, 0.2) is 35.4 Å². The van der Waals surface area contributed by atoms with E-state index in [1.54, 1.807) is 16.6 Å². The van der Waals surface area contributed by atoms with E-state index in [1.807, 2.05) is 13.8 Å². The third-order valence-electron chi connectivity index (χ3n) is 5.96. The molecule has 1 amide bonds. The van der Waals surface area contributed by atoms with Crippen LogP contribution in [-0.4, -0.2) is 64.5 Å². The minimum Gasteiger partial charge on any atom is -0.503 e. The third-order valence-corrected chi connectivity index (χ3v) is 6.99. The number of methoxy groups -OCH3 is 1. The first-order valence-electron chi connectivity index (χ1n) is 11.5. The molecule has 36 heavy (non-hydrogen) atoms. The van der Waals surface area contributed by atoms with Crippen LogP contribution in [0.4, 0.5) is 8.78 Å². The quantitative estimate of drug-likeness (QED) is 0.436. The van der Waals surface area contributed by atoms with Gasteiger partial charge in [-0.05, 0) is 25.5 Å². The summed E-state index contributed by atoms with van der Waals surface area (Å²) < 4.78 is 39.5. The Labute approximate surface area is 210 Å². The molecule has 2 aromatic heterocycles. The second kappa shape index (κ2) is 10.9. The van der Waals surface area contributed by atoms with Crippen molar-refractivity contribution in [1.29, 1.82) is 0 Å². The Hall–Kier alpha value is -3.15. The number of pyridine rings is 1. The maximum absolute atomic E-state index is 14.1. The average molecular weight is 520 g/mol. The molecule has 192 valence electrons. The van der Waals surface area contributed by atoms with E-state index < -0.39 is 28.7 Å². The van der Waals surface area contributed by atoms with Gasteiger partial charge >= 0.3 is 0 Å². The van der Waals surface area contributed by atoms with Gasteiger partial charge in [0.25, 0.3) is 5.91 Å². The lowest BCUT2D eigenvalue weighted by atomic mass is 10.1. The van der Waals surface area contributed by atoms with E-state index in [1.165, 1.54) is 24.5 Å². The van der Waals surface area contributed by atoms with Crippen LogP contribution < -0.4 is 5.43 Å². The number of nitrogens with zero attached hydrogens (tertiary/aromatic N) is 3. The van der Waals surface area contributed by atoms with Crippen LogP contribution >= 0.6 is 11.3 Å². The minimum atomic E-state index is -0.707. The molecule has 0 spiro atoms. The summed E-state index contributed by atoms with van der Waals surface area (Å²) >= 11 is 1.16. The minimum absolute atomic E-state index is 0.0734. The van der Waals surface area contributed by atoms with Gasteiger partial charge in [-0.25, -0.2) is 13.8 Å². The highest BCUT2D eigenvalue weighted by Crippen LogP contribution is 2.31. The molecular formula is C25H27F2N3O5S. The predicted octanol–water partition coefficient (Wildman–Crippen LogP) is 3.44. The molecule has 4 rings (SSSR count). The molecule has 0 unspecified atom stereocenters. The predicted molar refractivity (Wildman–Crippen MR) is 130 cm³/mol. The smallest absolute Gasteiger partial charge is 0.275 e. The average Bonchev–Trinajstić information content (AvgIpc) is 3.28. The zero-order valence-electron chi connectivity index (χ0n) is 20.2. The van der Waals surface area contributed by atoms with Crippen molar-refractivity contribution in [3.05, 3.63) is 68.6 Å². The molecule has 1 aromatic carbocycles. The summed E-state index contributed by atoms with van der Waals surface area (Å²) in [7, 11) is 1.57. The number of carbonyl (C=O) groups excluding carboxylic acids is 1. The highest BCUT2D eigenvalue weighted by molar-refractivity contribution is 7.15. The molecule has 11 heteroatoms. The van der Waals surface area contributed by atoms with Gasteiger partial charge in [0.2, 0.25) is 5.43 Å². The van der Waals surface area contributed by atoms with Crippen molar-refractivity contribution < 1.29 is 28.2 Å². The van der Waals surface area contributed by atoms with Crippen molar-refractivity contribution in [1.82, 2.24) is 14.5 Å². The second-order valence-corrected chi connectivity index (χ2v) is 9.91. The van der Waals surface area contributed by atoms with E-state index in [9.17, 15) is 23.5 Å². The molecule has 8 nitrogen and oxygen atoms in total. The van der Waals surface area contributed by atoms with Crippen LogP contribution in [0.5, 0.6) is 5.75 Å². The number of aromatic hydroxyl groups is 1. The fourth-order valence-electron chi connectivity index (χ4n) is 4.29. The summed E-state index contributed by atoms with van der Waals surface area (Å²) in [5.74, 6) is -2.41. The number of hydrogen-bond acceptors (Lipinski definition) is 7. The molecule has 0 bridgehead atoms. The number of amides is 1. The van der Waals surface area contributed by atoms with Crippen molar-refractivity contribution >= 4 is 17.2 Å². The largest absolute Gasteiger partial charge is 0.503 e. The van der Waals surface area contributed by atoms with Crippen molar-refractivity contribution in [2.24, 2.45) is 0 Å². The Morgan fingerprint density at radius 3 is 2.72 bits per heavy atom. The topological polar surface area (TPSA) is 93.9 Å². The highest BCUT2D eigenvalue weighted by atomic mass is 32.1. The Morgan fingerprint density at radius 2 is 2.03 bits per heavy atom. The summed E-state index contributed by atoms with van der Waals surface area (Å²) in [5.41, 5.74) is -0.345. The van der Waals surface area contributed by atoms with Gasteiger partial charge < -0.3 is 24.0 Å². The summed E-state index contributed by atoms with van der Waals surface area (Å²) in [5, 5.41) is 11.1. The molecule has 0 aliphatic carbocycles. The summed E-state index contributed by atoms with van der Waals surface area (Å²) in [4.78, 5) is 32.9. The SMILES string of the molecule is COCCOC[C@H]1Cn2cc(-c3ncc(Cc4ccc(F)cc4F)s3)c(=O)c(O)c2C(=O)N1C(C)C. The Kier molecular flexibility index (Phi) is 7.82. The van der Waals surface area contributed by atoms with E-state index in [4.69, 9.17) is 9.47 Å². The maximum Gasteiger partial charge on any atom is 0.275 e. The number of carbonyl (C=O) groups is 1. The van der Waals surface area contributed by atoms with Gasteiger partial charge in [-0.1, -0.05) is 6.07 Å². The zero-order valence-corrected chi connectivity index (χ0v) is 21.0. The normalized spacial score (nSPS) is 15.6. The first kappa shape index (κ1) is 25.9. The molecule has 1 aliphatic heterocycles. The molecular weight excluding hydrogens is 492 g/mol. The maximum atomic E-state index is 14.1.